The van der Waals surface area contributed by atoms with Crippen LogP contribution in [0.3, 0.4) is 0 Å². The molecule has 6 nitrogen and oxygen atoms in total. The standard InChI is InChI=1S/C22H28F3N5O/c1-15(2)29-11-8-17(9-12-29)27-21-26-14-18(22(23,24)25)20(28-21)30-19(10-13-31-30)16-6-4-3-5-7-16/h3-7,14-15,17,19H,8-13H2,1-2H3,(H,26,27,28). The fourth-order valence-electron chi connectivity index (χ4n) is 4.21. The summed E-state index contributed by atoms with van der Waals surface area (Å²) in [6.07, 6.45) is -1.35. The Hall–Kier alpha value is -2.39. The van der Waals surface area contributed by atoms with E-state index in [2.05, 4.69) is 34.0 Å². The molecule has 1 N–H and O–H groups in total. The third-order valence-electron chi connectivity index (χ3n) is 5.96. The SMILES string of the molecule is CC(C)N1CCC(Nc2ncc(C(F)(F)F)c(N3OCCC3c3ccccc3)n2)CC1. The minimum absolute atomic E-state index is 0.129. The predicted octanol–water partition coefficient (Wildman–Crippen LogP) is 4.66. The molecule has 0 bridgehead atoms. The maximum Gasteiger partial charge on any atom is 0.421 e. The summed E-state index contributed by atoms with van der Waals surface area (Å²) >= 11 is 0. The van der Waals surface area contributed by atoms with E-state index in [0.29, 0.717) is 19.1 Å². The summed E-state index contributed by atoms with van der Waals surface area (Å²) in [7, 11) is 0. The number of anilines is 2. The second-order valence-corrected chi connectivity index (χ2v) is 8.35. The van der Waals surface area contributed by atoms with Crippen LogP contribution < -0.4 is 10.4 Å². The normalized spacial score (nSPS) is 21.1. The molecule has 0 aliphatic carbocycles. The highest BCUT2D eigenvalue weighted by Gasteiger charge is 2.40. The zero-order valence-corrected chi connectivity index (χ0v) is 17.8. The highest BCUT2D eigenvalue weighted by atomic mass is 19.4. The molecule has 2 aliphatic heterocycles. The third-order valence-corrected chi connectivity index (χ3v) is 5.96. The molecule has 0 amide bonds. The van der Waals surface area contributed by atoms with Crippen molar-refractivity contribution in [2.75, 3.05) is 30.1 Å². The number of halogens is 3. The van der Waals surface area contributed by atoms with Crippen LogP contribution in [0.25, 0.3) is 0 Å². The van der Waals surface area contributed by atoms with Crippen molar-refractivity contribution in [3.05, 3.63) is 47.7 Å². The van der Waals surface area contributed by atoms with E-state index in [9.17, 15) is 13.2 Å². The van der Waals surface area contributed by atoms with Gasteiger partial charge >= 0.3 is 6.18 Å². The number of nitrogens with zero attached hydrogens (tertiary/aromatic N) is 4. The van der Waals surface area contributed by atoms with E-state index in [4.69, 9.17) is 4.84 Å². The van der Waals surface area contributed by atoms with E-state index >= 15 is 0 Å². The van der Waals surface area contributed by atoms with Gasteiger partial charge in [-0.05, 0) is 32.3 Å². The van der Waals surface area contributed by atoms with Crippen molar-refractivity contribution in [2.45, 2.75) is 57.4 Å². The Bertz CT molecular complexity index is 869. The Morgan fingerprint density at radius 1 is 1.10 bits per heavy atom. The molecule has 4 rings (SSSR count). The lowest BCUT2D eigenvalue weighted by atomic mass is 10.0. The summed E-state index contributed by atoms with van der Waals surface area (Å²) in [4.78, 5) is 16.3. The number of aromatic nitrogens is 2. The Balaban J connectivity index is 1.59. The molecule has 0 spiro atoms. The Morgan fingerprint density at radius 3 is 2.45 bits per heavy atom. The van der Waals surface area contributed by atoms with Crippen LogP contribution in [0.15, 0.2) is 36.5 Å². The van der Waals surface area contributed by atoms with Gasteiger partial charge in [0, 0.05) is 37.8 Å². The molecule has 168 valence electrons. The first-order valence-corrected chi connectivity index (χ1v) is 10.7. The minimum Gasteiger partial charge on any atom is -0.351 e. The van der Waals surface area contributed by atoms with Crippen molar-refractivity contribution in [3.63, 3.8) is 0 Å². The van der Waals surface area contributed by atoms with Gasteiger partial charge in [-0.15, -0.1) is 0 Å². The van der Waals surface area contributed by atoms with Crippen LogP contribution in [0, 0.1) is 0 Å². The van der Waals surface area contributed by atoms with Crippen LogP contribution in [0.5, 0.6) is 0 Å². The lowest BCUT2D eigenvalue weighted by Crippen LogP contribution is -2.42. The van der Waals surface area contributed by atoms with Crippen LogP contribution in [0.1, 0.15) is 50.3 Å². The molecule has 0 radical (unpaired) electrons. The molecule has 31 heavy (non-hydrogen) atoms. The molecule has 1 aromatic carbocycles. The Labute approximate surface area is 180 Å². The van der Waals surface area contributed by atoms with Gasteiger partial charge in [-0.1, -0.05) is 30.3 Å². The van der Waals surface area contributed by atoms with Gasteiger partial charge in [0.1, 0.15) is 5.56 Å². The van der Waals surface area contributed by atoms with E-state index in [1.54, 1.807) is 0 Å². The maximum absolute atomic E-state index is 13.8. The third kappa shape index (κ3) is 4.93. The van der Waals surface area contributed by atoms with E-state index < -0.39 is 11.7 Å². The second-order valence-electron chi connectivity index (χ2n) is 8.35. The first-order valence-electron chi connectivity index (χ1n) is 10.7. The van der Waals surface area contributed by atoms with Crippen LogP contribution in [-0.2, 0) is 11.0 Å². The van der Waals surface area contributed by atoms with Gasteiger partial charge in [-0.25, -0.2) is 10.0 Å². The number of hydrogen-bond acceptors (Lipinski definition) is 6. The molecule has 2 aliphatic rings. The average molecular weight is 435 g/mol. The number of rotatable bonds is 5. The molecule has 0 saturated carbocycles. The van der Waals surface area contributed by atoms with Gasteiger partial charge in [-0.3, -0.25) is 4.84 Å². The van der Waals surface area contributed by atoms with Crippen LogP contribution in [-0.4, -0.2) is 46.6 Å². The van der Waals surface area contributed by atoms with Crippen molar-refractivity contribution >= 4 is 11.8 Å². The van der Waals surface area contributed by atoms with Gasteiger partial charge in [0.2, 0.25) is 5.95 Å². The van der Waals surface area contributed by atoms with E-state index in [0.717, 1.165) is 37.7 Å². The number of hydroxylamine groups is 1. The molecule has 1 unspecified atom stereocenters. The largest absolute Gasteiger partial charge is 0.421 e. The lowest BCUT2D eigenvalue weighted by Gasteiger charge is -2.35. The second kappa shape index (κ2) is 9.00. The Kier molecular flexibility index (Phi) is 6.34. The van der Waals surface area contributed by atoms with Gasteiger partial charge < -0.3 is 10.2 Å². The number of nitrogens with one attached hydrogen (secondary N) is 1. The summed E-state index contributed by atoms with van der Waals surface area (Å²) in [6, 6.07) is 9.67. The summed E-state index contributed by atoms with van der Waals surface area (Å²) < 4.78 is 41.3. The van der Waals surface area contributed by atoms with E-state index in [1.807, 2.05) is 30.3 Å². The fourth-order valence-corrected chi connectivity index (χ4v) is 4.21. The van der Waals surface area contributed by atoms with Gasteiger partial charge in [0.15, 0.2) is 5.82 Å². The summed E-state index contributed by atoms with van der Waals surface area (Å²) in [5.74, 6) is -0.0377. The van der Waals surface area contributed by atoms with Crippen LogP contribution in [0.4, 0.5) is 24.9 Å². The molecule has 1 atom stereocenters. The highest BCUT2D eigenvalue weighted by molar-refractivity contribution is 5.51. The summed E-state index contributed by atoms with van der Waals surface area (Å²) in [6.45, 7) is 6.54. The lowest BCUT2D eigenvalue weighted by molar-refractivity contribution is -0.138. The van der Waals surface area contributed by atoms with Crippen molar-refractivity contribution in [3.8, 4) is 0 Å². The summed E-state index contributed by atoms with van der Waals surface area (Å²) in [5, 5.41) is 4.54. The Morgan fingerprint density at radius 2 is 1.81 bits per heavy atom. The van der Waals surface area contributed by atoms with Gasteiger partial charge in [0.05, 0.1) is 12.6 Å². The first-order chi connectivity index (χ1) is 14.8. The van der Waals surface area contributed by atoms with Crippen LogP contribution in [0.2, 0.25) is 0 Å². The number of hydrogen-bond donors (Lipinski definition) is 1. The van der Waals surface area contributed by atoms with Crippen molar-refractivity contribution < 1.29 is 18.0 Å². The number of benzene rings is 1. The number of likely N-dealkylation sites (tertiary alicyclic amines) is 1. The highest BCUT2D eigenvalue weighted by Crippen LogP contribution is 2.41. The van der Waals surface area contributed by atoms with Crippen molar-refractivity contribution in [1.82, 2.24) is 14.9 Å². The molecule has 3 heterocycles. The number of piperidine rings is 1. The zero-order chi connectivity index (χ0) is 22.0. The predicted molar refractivity (Wildman–Crippen MR) is 113 cm³/mol. The van der Waals surface area contributed by atoms with Gasteiger partial charge in [-0.2, -0.15) is 18.2 Å². The molecule has 2 aromatic rings. The minimum atomic E-state index is -4.58. The quantitative estimate of drug-likeness (QED) is 0.737. The molecule has 2 saturated heterocycles. The topological polar surface area (TPSA) is 53.5 Å². The summed E-state index contributed by atoms with van der Waals surface area (Å²) in [5.41, 5.74) is -0.00203. The molecule has 9 heteroatoms. The van der Waals surface area contributed by atoms with E-state index in [1.165, 1.54) is 5.06 Å². The first kappa shape index (κ1) is 21.8. The number of alkyl halides is 3. The smallest absolute Gasteiger partial charge is 0.351 e. The molecule has 2 fully saturated rings. The maximum atomic E-state index is 13.8. The average Bonchev–Trinajstić information content (AvgIpc) is 3.24. The molecular formula is C22H28F3N5O. The van der Waals surface area contributed by atoms with Gasteiger partial charge in [0.25, 0.3) is 0 Å². The van der Waals surface area contributed by atoms with Crippen molar-refractivity contribution in [2.24, 2.45) is 0 Å². The zero-order valence-electron chi connectivity index (χ0n) is 17.8. The monoisotopic (exact) mass is 435 g/mol. The molecular weight excluding hydrogens is 407 g/mol. The van der Waals surface area contributed by atoms with Crippen molar-refractivity contribution in [1.29, 1.82) is 0 Å². The fraction of sp³-hybridized carbons (Fsp3) is 0.545. The van der Waals surface area contributed by atoms with Crippen LogP contribution >= 0.6 is 0 Å². The molecule has 1 aromatic heterocycles. The van der Waals surface area contributed by atoms with E-state index in [-0.39, 0.29) is 23.8 Å².